The van der Waals surface area contributed by atoms with E-state index in [4.69, 9.17) is 5.73 Å². The highest BCUT2D eigenvalue weighted by molar-refractivity contribution is 5.88. The Hall–Kier alpha value is -2.07. The Morgan fingerprint density at radius 2 is 1.82 bits per heavy atom. The zero-order valence-corrected chi connectivity index (χ0v) is 9.41. The Morgan fingerprint density at radius 1 is 1.18 bits per heavy atom. The summed E-state index contributed by atoms with van der Waals surface area (Å²) in [4.78, 5) is 11.8. The lowest BCUT2D eigenvalue weighted by atomic mass is 10.1. The third-order valence-corrected chi connectivity index (χ3v) is 2.48. The van der Waals surface area contributed by atoms with E-state index < -0.39 is 6.04 Å². The van der Waals surface area contributed by atoms with Crippen LogP contribution in [0.2, 0.25) is 0 Å². The average Bonchev–Trinajstić information content (AvgIpc) is 2.83. The van der Waals surface area contributed by atoms with Gasteiger partial charge in [-0.1, -0.05) is 30.3 Å². The van der Waals surface area contributed by atoms with Crippen LogP contribution >= 0.6 is 0 Å². The Balaban J connectivity index is 1.92. The van der Waals surface area contributed by atoms with Crippen molar-refractivity contribution in [3.8, 4) is 0 Å². The van der Waals surface area contributed by atoms with Crippen molar-refractivity contribution in [2.24, 2.45) is 5.73 Å². The molecule has 4 nitrogen and oxygen atoms in total. The molecule has 0 saturated heterocycles. The number of rotatable bonds is 4. The molecule has 0 saturated carbocycles. The molecule has 2 aromatic rings. The number of benzene rings is 1. The van der Waals surface area contributed by atoms with Crippen molar-refractivity contribution >= 4 is 5.91 Å². The lowest BCUT2D eigenvalue weighted by Crippen LogP contribution is -2.40. The molecule has 4 heteroatoms. The van der Waals surface area contributed by atoms with E-state index in [2.05, 4.69) is 5.43 Å². The molecule has 0 radical (unpaired) electrons. The maximum Gasteiger partial charge on any atom is 0.256 e. The first-order valence-corrected chi connectivity index (χ1v) is 5.49. The fourth-order valence-electron chi connectivity index (χ4n) is 1.58. The smallest absolute Gasteiger partial charge is 0.256 e. The molecule has 0 aliphatic heterocycles. The monoisotopic (exact) mass is 229 g/mol. The molecular weight excluding hydrogens is 214 g/mol. The van der Waals surface area contributed by atoms with E-state index in [0.29, 0.717) is 6.42 Å². The van der Waals surface area contributed by atoms with Gasteiger partial charge in [0, 0.05) is 12.4 Å². The number of amides is 1. The first-order valence-electron chi connectivity index (χ1n) is 5.49. The summed E-state index contributed by atoms with van der Waals surface area (Å²) in [6.45, 7) is 0. The summed E-state index contributed by atoms with van der Waals surface area (Å²) in [5.41, 5.74) is 9.59. The molecule has 1 aromatic carbocycles. The maximum atomic E-state index is 11.8. The highest BCUT2D eigenvalue weighted by atomic mass is 16.2. The van der Waals surface area contributed by atoms with Gasteiger partial charge in [0.1, 0.15) is 0 Å². The van der Waals surface area contributed by atoms with Gasteiger partial charge in [-0.25, -0.2) is 0 Å². The molecule has 0 aliphatic rings. The van der Waals surface area contributed by atoms with Crippen molar-refractivity contribution in [1.82, 2.24) is 4.68 Å². The third kappa shape index (κ3) is 3.19. The van der Waals surface area contributed by atoms with Crippen LogP contribution in [0, 0.1) is 0 Å². The van der Waals surface area contributed by atoms with Gasteiger partial charge >= 0.3 is 0 Å². The summed E-state index contributed by atoms with van der Waals surface area (Å²) < 4.78 is 1.59. The topological polar surface area (TPSA) is 60.1 Å². The SMILES string of the molecule is N[C@@H](Cc1ccccc1)C(=O)Nn1cccc1. The van der Waals surface area contributed by atoms with Crippen LogP contribution in [-0.2, 0) is 11.2 Å². The third-order valence-electron chi connectivity index (χ3n) is 2.48. The summed E-state index contributed by atoms with van der Waals surface area (Å²) >= 11 is 0. The van der Waals surface area contributed by atoms with Crippen LogP contribution < -0.4 is 11.2 Å². The predicted molar refractivity (Wildman–Crippen MR) is 66.9 cm³/mol. The average molecular weight is 229 g/mol. The molecule has 88 valence electrons. The van der Waals surface area contributed by atoms with E-state index in [9.17, 15) is 4.79 Å². The van der Waals surface area contributed by atoms with Gasteiger partial charge in [0.05, 0.1) is 6.04 Å². The molecule has 1 atom stereocenters. The molecule has 0 spiro atoms. The maximum absolute atomic E-state index is 11.8. The van der Waals surface area contributed by atoms with Gasteiger partial charge < -0.3 is 5.73 Å². The summed E-state index contributed by atoms with van der Waals surface area (Å²) in [6, 6.07) is 12.9. The first-order chi connectivity index (χ1) is 8.25. The second-order valence-corrected chi connectivity index (χ2v) is 3.86. The van der Waals surface area contributed by atoms with Gasteiger partial charge in [-0.05, 0) is 24.1 Å². The van der Waals surface area contributed by atoms with Crippen molar-refractivity contribution in [2.45, 2.75) is 12.5 Å². The summed E-state index contributed by atoms with van der Waals surface area (Å²) in [7, 11) is 0. The Kier molecular flexibility index (Phi) is 3.57. The van der Waals surface area contributed by atoms with E-state index in [1.54, 1.807) is 17.1 Å². The van der Waals surface area contributed by atoms with Crippen molar-refractivity contribution in [2.75, 3.05) is 5.43 Å². The van der Waals surface area contributed by atoms with Crippen molar-refractivity contribution < 1.29 is 4.79 Å². The zero-order chi connectivity index (χ0) is 12.1. The van der Waals surface area contributed by atoms with Gasteiger partial charge in [-0.2, -0.15) is 0 Å². The van der Waals surface area contributed by atoms with Crippen molar-refractivity contribution in [1.29, 1.82) is 0 Å². The predicted octanol–water partition coefficient (Wildman–Crippen LogP) is 1.13. The number of nitrogens with one attached hydrogen (secondary N) is 1. The fourth-order valence-corrected chi connectivity index (χ4v) is 1.58. The first kappa shape index (κ1) is 11.4. The van der Waals surface area contributed by atoms with Gasteiger partial charge in [-0.3, -0.25) is 14.9 Å². The van der Waals surface area contributed by atoms with E-state index >= 15 is 0 Å². The molecule has 0 bridgehead atoms. The Morgan fingerprint density at radius 3 is 2.47 bits per heavy atom. The number of aromatic nitrogens is 1. The second-order valence-electron chi connectivity index (χ2n) is 3.86. The number of carbonyl (C=O) groups is 1. The van der Waals surface area contributed by atoms with Crippen molar-refractivity contribution in [3.05, 3.63) is 60.4 Å². The molecule has 0 fully saturated rings. The van der Waals surface area contributed by atoms with Crippen LogP contribution in [0.4, 0.5) is 0 Å². The summed E-state index contributed by atoms with van der Waals surface area (Å²) in [5.74, 6) is -0.190. The number of hydrogen-bond acceptors (Lipinski definition) is 2. The van der Waals surface area contributed by atoms with E-state index in [-0.39, 0.29) is 5.91 Å². The van der Waals surface area contributed by atoms with E-state index in [1.807, 2.05) is 42.5 Å². The van der Waals surface area contributed by atoms with Gasteiger partial charge in [-0.15, -0.1) is 0 Å². The number of nitrogens with two attached hydrogens (primary N) is 1. The molecule has 17 heavy (non-hydrogen) atoms. The minimum absolute atomic E-state index is 0.190. The second kappa shape index (κ2) is 5.32. The lowest BCUT2D eigenvalue weighted by molar-refractivity contribution is -0.118. The molecule has 3 N–H and O–H groups in total. The molecule has 1 amide bonds. The minimum Gasteiger partial charge on any atom is -0.320 e. The van der Waals surface area contributed by atoms with Crippen LogP contribution in [0.15, 0.2) is 54.9 Å². The highest BCUT2D eigenvalue weighted by Crippen LogP contribution is 2.02. The van der Waals surface area contributed by atoms with E-state index in [1.165, 1.54) is 0 Å². The number of nitrogens with zero attached hydrogens (tertiary/aromatic N) is 1. The molecule has 1 aromatic heterocycles. The quantitative estimate of drug-likeness (QED) is 0.825. The minimum atomic E-state index is -0.542. The summed E-state index contributed by atoms with van der Waals surface area (Å²) in [6.07, 6.45) is 4.05. The molecule has 1 heterocycles. The molecular formula is C13H15N3O. The Bertz CT molecular complexity index is 465. The van der Waals surface area contributed by atoms with Crippen LogP contribution in [0.3, 0.4) is 0 Å². The fraction of sp³-hybridized carbons (Fsp3) is 0.154. The zero-order valence-electron chi connectivity index (χ0n) is 9.41. The molecule has 0 aliphatic carbocycles. The number of carbonyl (C=O) groups excluding carboxylic acids is 1. The van der Waals surface area contributed by atoms with Gasteiger partial charge in [0.25, 0.3) is 5.91 Å². The number of hydrogen-bond donors (Lipinski definition) is 2. The van der Waals surface area contributed by atoms with Crippen LogP contribution in [0.5, 0.6) is 0 Å². The van der Waals surface area contributed by atoms with Crippen molar-refractivity contribution in [3.63, 3.8) is 0 Å². The van der Waals surface area contributed by atoms with E-state index in [0.717, 1.165) is 5.56 Å². The highest BCUT2D eigenvalue weighted by Gasteiger charge is 2.13. The van der Waals surface area contributed by atoms with Gasteiger partial charge in [0.15, 0.2) is 0 Å². The van der Waals surface area contributed by atoms with Crippen LogP contribution in [0.1, 0.15) is 5.56 Å². The standard InChI is InChI=1S/C13H15N3O/c14-12(10-11-6-2-1-3-7-11)13(17)15-16-8-4-5-9-16/h1-9,12H,10,14H2,(H,15,17)/t12-/m0/s1. The summed E-state index contributed by atoms with van der Waals surface area (Å²) in [5, 5.41) is 0. The molecule has 0 unspecified atom stereocenters. The lowest BCUT2D eigenvalue weighted by Gasteiger charge is -2.12. The Labute approximate surface area is 100 Å². The van der Waals surface area contributed by atoms with Crippen LogP contribution in [0.25, 0.3) is 0 Å². The van der Waals surface area contributed by atoms with Crippen LogP contribution in [-0.4, -0.2) is 16.6 Å². The van der Waals surface area contributed by atoms with Gasteiger partial charge in [0.2, 0.25) is 0 Å². The molecule has 2 rings (SSSR count). The largest absolute Gasteiger partial charge is 0.320 e. The normalized spacial score (nSPS) is 12.1.